The molecule has 162 valence electrons. The molecule has 10 nitrogen and oxygen atoms in total. The molecule has 3 aromatic rings. The molecule has 0 atom stereocenters. The molecule has 4 rings (SSSR count). The average molecular weight is 443 g/mol. The highest BCUT2D eigenvalue weighted by atomic mass is 32.2. The number of imidazole rings is 1. The van der Waals surface area contributed by atoms with E-state index < -0.39 is 14.9 Å². The van der Waals surface area contributed by atoms with Crippen LogP contribution in [0.2, 0.25) is 0 Å². The fraction of sp³-hybridized carbons (Fsp3) is 0.300. The van der Waals surface area contributed by atoms with Gasteiger partial charge in [-0.2, -0.15) is 4.31 Å². The number of benzene rings is 2. The second-order valence-electron chi connectivity index (χ2n) is 7.24. The fourth-order valence-corrected chi connectivity index (χ4v) is 5.05. The molecule has 1 amide bonds. The molecule has 2 heterocycles. The van der Waals surface area contributed by atoms with Crippen LogP contribution in [0.4, 0.5) is 5.69 Å². The van der Waals surface area contributed by atoms with E-state index in [4.69, 9.17) is 0 Å². The SMILES string of the molecule is O=C(CCc1nc2ccccc2[nH]1)N1CCN(S(=O)(=O)c2cccc([N+](=O)[O-])c2)CC1. The number of H-pyrrole nitrogens is 1. The molecule has 11 heteroatoms. The van der Waals surface area contributed by atoms with Crippen molar-refractivity contribution in [3.05, 3.63) is 64.5 Å². The lowest BCUT2D eigenvalue weighted by Crippen LogP contribution is -2.50. The molecule has 0 spiro atoms. The predicted molar refractivity (Wildman–Crippen MR) is 113 cm³/mol. The maximum atomic E-state index is 12.8. The number of non-ortho nitro benzene ring substituents is 1. The zero-order chi connectivity index (χ0) is 22.0. The number of carbonyl (C=O) groups excluding carboxylic acids is 1. The summed E-state index contributed by atoms with van der Waals surface area (Å²) in [5.41, 5.74) is 1.50. The molecule has 0 radical (unpaired) electrons. The minimum absolute atomic E-state index is 0.0622. The van der Waals surface area contributed by atoms with Gasteiger partial charge in [0.1, 0.15) is 5.82 Å². The van der Waals surface area contributed by atoms with Gasteiger partial charge in [-0.3, -0.25) is 14.9 Å². The molecule has 1 saturated heterocycles. The predicted octanol–water partition coefficient (Wildman–Crippen LogP) is 1.94. The van der Waals surface area contributed by atoms with E-state index in [9.17, 15) is 23.3 Å². The van der Waals surface area contributed by atoms with E-state index in [1.54, 1.807) is 4.90 Å². The van der Waals surface area contributed by atoms with E-state index in [0.717, 1.165) is 22.9 Å². The molecule has 0 saturated carbocycles. The van der Waals surface area contributed by atoms with E-state index >= 15 is 0 Å². The smallest absolute Gasteiger partial charge is 0.270 e. The van der Waals surface area contributed by atoms with Gasteiger partial charge in [0.2, 0.25) is 15.9 Å². The number of sulfonamides is 1. The number of nitrogens with zero attached hydrogens (tertiary/aromatic N) is 4. The van der Waals surface area contributed by atoms with Gasteiger partial charge < -0.3 is 9.88 Å². The first-order chi connectivity index (χ1) is 14.8. The standard InChI is InChI=1S/C20H21N5O5S/c26-20(9-8-19-21-17-6-1-2-7-18(17)22-19)23-10-12-24(13-11-23)31(29,30)16-5-3-4-15(14-16)25(27)28/h1-7,14H,8-13H2,(H,21,22). The number of carbonyl (C=O) groups is 1. The Balaban J connectivity index is 1.34. The molecule has 0 unspecified atom stereocenters. The lowest BCUT2D eigenvalue weighted by molar-refractivity contribution is -0.385. The quantitative estimate of drug-likeness (QED) is 0.458. The van der Waals surface area contributed by atoms with Gasteiger partial charge in [-0.15, -0.1) is 0 Å². The second-order valence-corrected chi connectivity index (χ2v) is 9.18. The van der Waals surface area contributed by atoms with Gasteiger partial charge in [0.25, 0.3) is 5.69 Å². The zero-order valence-electron chi connectivity index (χ0n) is 16.6. The highest BCUT2D eigenvalue weighted by molar-refractivity contribution is 7.89. The number of para-hydroxylation sites is 2. The van der Waals surface area contributed by atoms with Crippen molar-refractivity contribution in [2.24, 2.45) is 0 Å². The van der Waals surface area contributed by atoms with Crippen LogP contribution in [0.3, 0.4) is 0 Å². The molecule has 0 aliphatic carbocycles. The normalized spacial score (nSPS) is 15.3. The largest absolute Gasteiger partial charge is 0.342 e. The number of nitrogens with one attached hydrogen (secondary N) is 1. The molecular weight excluding hydrogens is 422 g/mol. The number of aromatic amines is 1. The Morgan fingerprint density at radius 3 is 2.55 bits per heavy atom. The lowest BCUT2D eigenvalue weighted by atomic mass is 10.2. The van der Waals surface area contributed by atoms with Crippen LogP contribution in [0.15, 0.2) is 53.4 Å². The van der Waals surface area contributed by atoms with Gasteiger partial charge in [-0.1, -0.05) is 18.2 Å². The van der Waals surface area contributed by atoms with Crippen LogP contribution < -0.4 is 0 Å². The molecule has 31 heavy (non-hydrogen) atoms. The highest BCUT2D eigenvalue weighted by Crippen LogP contribution is 2.22. The van der Waals surface area contributed by atoms with E-state index in [1.807, 2.05) is 24.3 Å². The minimum atomic E-state index is -3.86. The third-order valence-corrected chi connectivity index (χ3v) is 7.17. The maximum Gasteiger partial charge on any atom is 0.270 e. The summed E-state index contributed by atoms with van der Waals surface area (Å²) in [6, 6.07) is 12.6. The second kappa shape index (κ2) is 8.44. The van der Waals surface area contributed by atoms with Gasteiger partial charge in [0, 0.05) is 51.2 Å². The summed E-state index contributed by atoms with van der Waals surface area (Å²) >= 11 is 0. The number of aromatic nitrogens is 2. The molecule has 1 aliphatic heterocycles. The Bertz CT molecular complexity index is 1200. The highest BCUT2D eigenvalue weighted by Gasteiger charge is 2.30. The van der Waals surface area contributed by atoms with Crippen molar-refractivity contribution >= 4 is 32.7 Å². The van der Waals surface area contributed by atoms with Crippen LogP contribution in [-0.2, 0) is 21.2 Å². The number of fused-ring (bicyclic) bond motifs is 1. The van der Waals surface area contributed by atoms with E-state index in [2.05, 4.69) is 9.97 Å². The van der Waals surface area contributed by atoms with E-state index in [1.165, 1.54) is 22.5 Å². The number of nitro benzene ring substituents is 1. The molecule has 1 N–H and O–H groups in total. The van der Waals surface area contributed by atoms with E-state index in [0.29, 0.717) is 6.42 Å². The van der Waals surface area contributed by atoms with Gasteiger partial charge >= 0.3 is 0 Å². The van der Waals surface area contributed by atoms with Gasteiger partial charge in [0.05, 0.1) is 20.9 Å². The summed E-state index contributed by atoms with van der Waals surface area (Å²) in [5.74, 6) is 0.675. The van der Waals surface area contributed by atoms with Crippen LogP contribution in [0.5, 0.6) is 0 Å². The van der Waals surface area contributed by atoms with Gasteiger partial charge in [-0.25, -0.2) is 13.4 Å². The summed E-state index contributed by atoms with van der Waals surface area (Å²) in [6.45, 7) is 0.822. The van der Waals surface area contributed by atoms with Crippen LogP contribution in [-0.4, -0.2) is 64.6 Å². The molecule has 1 aliphatic rings. The number of nitro groups is 1. The molecule has 0 bridgehead atoms. The zero-order valence-corrected chi connectivity index (χ0v) is 17.4. The first-order valence-corrected chi connectivity index (χ1v) is 11.2. The summed E-state index contributed by atoms with van der Waals surface area (Å²) in [5, 5.41) is 10.9. The topological polar surface area (TPSA) is 130 Å². The number of rotatable bonds is 6. The first kappa shape index (κ1) is 20.9. The van der Waals surface area contributed by atoms with Crippen molar-refractivity contribution in [3.63, 3.8) is 0 Å². The monoisotopic (exact) mass is 443 g/mol. The number of amides is 1. The Labute approximate surface area is 178 Å². The third-order valence-electron chi connectivity index (χ3n) is 5.27. The lowest BCUT2D eigenvalue weighted by Gasteiger charge is -2.34. The first-order valence-electron chi connectivity index (χ1n) is 9.80. The number of aryl methyl sites for hydroxylation is 1. The third kappa shape index (κ3) is 4.42. The van der Waals surface area contributed by atoms with E-state index in [-0.39, 0.29) is 49.1 Å². The van der Waals surface area contributed by atoms with Crippen LogP contribution in [0.1, 0.15) is 12.2 Å². The average Bonchev–Trinajstić information content (AvgIpc) is 3.20. The number of hydrogen-bond acceptors (Lipinski definition) is 6. The Kier molecular flexibility index (Phi) is 5.70. The minimum Gasteiger partial charge on any atom is -0.342 e. The summed E-state index contributed by atoms with van der Waals surface area (Å²) in [4.78, 5) is 32.1. The van der Waals surface area contributed by atoms with Gasteiger partial charge in [-0.05, 0) is 18.2 Å². The van der Waals surface area contributed by atoms with Crippen molar-refractivity contribution in [3.8, 4) is 0 Å². The maximum absolute atomic E-state index is 12.8. The molecule has 1 aromatic heterocycles. The van der Waals surface area contributed by atoms with Gasteiger partial charge in [0.15, 0.2) is 0 Å². The molecule has 1 fully saturated rings. The molecular formula is C20H21N5O5S. The summed E-state index contributed by atoms with van der Waals surface area (Å²) in [7, 11) is -3.86. The fourth-order valence-electron chi connectivity index (χ4n) is 3.59. The Hall–Kier alpha value is -3.31. The summed E-state index contributed by atoms with van der Waals surface area (Å²) < 4.78 is 26.9. The number of piperazine rings is 1. The van der Waals surface area contributed by atoms with Crippen LogP contribution in [0.25, 0.3) is 11.0 Å². The van der Waals surface area contributed by atoms with Crippen molar-refractivity contribution in [1.82, 2.24) is 19.2 Å². The number of hydrogen-bond donors (Lipinski definition) is 1. The van der Waals surface area contributed by atoms with Crippen LogP contribution in [0, 0.1) is 10.1 Å². The summed E-state index contributed by atoms with van der Waals surface area (Å²) in [6.07, 6.45) is 0.747. The Morgan fingerprint density at radius 1 is 1.10 bits per heavy atom. The van der Waals surface area contributed by atoms with Crippen molar-refractivity contribution < 1.29 is 18.1 Å². The Morgan fingerprint density at radius 2 is 1.84 bits per heavy atom. The van der Waals surface area contributed by atoms with Crippen molar-refractivity contribution in [1.29, 1.82) is 0 Å². The van der Waals surface area contributed by atoms with Crippen molar-refractivity contribution in [2.45, 2.75) is 17.7 Å². The van der Waals surface area contributed by atoms with Crippen molar-refractivity contribution in [2.75, 3.05) is 26.2 Å². The molecule has 2 aromatic carbocycles. The van der Waals surface area contributed by atoms with Crippen LogP contribution >= 0.6 is 0 Å².